The maximum absolute atomic E-state index is 11.9. The summed E-state index contributed by atoms with van der Waals surface area (Å²) >= 11 is 0. The molecule has 0 radical (unpaired) electrons. The molecule has 0 saturated heterocycles. The molecule has 2 saturated carbocycles. The summed E-state index contributed by atoms with van der Waals surface area (Å²) in [5.41, 5.74) is -0.217. The van der Waals surface area contributed by atoms with Crippen molar-refractivity contribution in [1.29, 1.82) is 5.26 Å². The third kappa shape index (κ3) is 2.61. The molecule has 0 bridgehead atoms. The SMILES string of the molecule is COC1(CC(=O)NC2CCCC2C#N)CCC1. The van der Waals surface area contributed by atoms with Crippen LogP contribution in [0.5, 0.6) is 0 Å². The van der Waals surface area contributed by atoms with Crippen LogP contribution in [-0.4, -0.2) is 24.7 Å². The van der Waals surface area contributed by atoms with Crippen LogP contribution in [0.3, 0.4) is 0 Å². The fraction of sp³-hybridized carbons (Fsp3) is 0.846. The molecule has 0 aromatic rings. The van der Waals surface area contributed by atoms with E-state index >= 15 is 0 Å². The number of ether oxygens (including phenoxy) is 1. The van der Waals surface area contributed by atoms with E-state index in [1.807, 2.05) is 0 Å². The summed E-state index contributed by atoms with van der Waals surface area (Å²) in [7, 11) is 1.68. The molecule has 1 N–H and O–H groups in total. The van der Waals surface area contributed by atoms with E-state index in [4.69, 9.17) is 10.00 Å². The Kier molecular flexibility index (Phi) is 3.68. The quantitative estimate of drug-likeness (QED) is 0.809. The normalized spacial score (nSPS) is 30.4. The molecule has 4 nitrogen and oxygen atoms in total. The van der Waals surface area contributed by atoms with Crippen molar-refractivity contribution in [3.8, 4) is 6.07 Å². The standard InChI is InChI=1S/C13H20N2O2/c1-17-13(6-3-7-13)8-12(16)15-11-5-2-4-10(11)9-14/h10-11H,2-8H2,1H3,(H,15,16). The van der Waals surface area contributed by atoms with Crippen LogP contribution in [0.2, 0.25) is 0 Å². The van der Waals surface area contributed by atoms with E-state index in [9.17, 15) is 4.79 Å². The second kappa shape index (κ2) is 5.05. The number of nitriles is 1. The van der Waals surface area contributed by atoms with Gasteiger partial charge in [-0.15, -0.1) is 0 Å². The van der Waals surface area contributed by atoms with Crippen molar-refractivity contribution in [2.45, 2.75) is 56.6 Å². The number of carbonyl (C=O) groups is 1. The van der Waals surface area contributed by atoms with Gasteiger partial charge in [-0.2, -0.15) is 5.26 Å². The van der Waals surface area contributed by atoms with Crippen LogP contribution in [0, 0.1) is 17.2 Å². The Morgan fingerprint density at radius 1 is 1.47 bits per heavy atom. The van der Waals surface area contributed by atoms with E-state index in [0.717, 1.165) is 38.5 Å². The van der Waals surface area contributed by atoms with E-state index in [2.05, 4.69) is 11.4 Å². The number of hydrogen-bond donors (Lipinski definition) is 1. The van der Waals surface area contributed by atoms with Gasteiger partial charge < -0.3 is 10.1 Å². The number of carbonyl (C=O) groups excluding carboxylic acids is 1. The highest BCUT2D eigenvalue weighted by molar-refractivity contribution is 5.77. The van der Waals surface area contributed by atoms with Gasteiger partial charge in [0, 0.05) is 13.2 Å². The maximum Gasteiger partial charge on any atom is 0.223 e. The van der Waals surface area contributed by atoms with Gasteiger partial charge in [-0.3, -0.25) is 4.79 Å². The number of rotatable bonds is 4. The minimum absolute atomic E-state index is 0.00108. The fourth-order valence-electron chi connectivity index (χ4n) is 2.86. The molecular weight excluding hydrogens is 216 g/mol. The van der Waals surface area contributed by atoms with Gasteiger partial charge in [-0.25, -0.2) is 0 Å². The van der Waals surface area contributed by atoms with Crippen LogP contribution in [0.1, 0.15) is 44.9 Å². The monoisotopic (exact) mass is 236 g/mol. The molecule has 94 valence electrons. The van der Waals surface area contributed by atoms with Crippen LogP contribution in [0.25, 0.3) is 0 Å². The first-order chi connectivity index (χ1) is 8.19. The third-order valence-corrected chi connectivity index (χ3v) is 4.21. The first kappa shape index (κ1) is 12.4. The van der Waals surface area contributed by atoms with E-state index in [1.165, 1.54) is 0 Å². The second-order valence-electron chi connectivity index (χ2n) is 5.26. The number of amides is 1. The molecule has 1 amide bonds. The molecule has 0 heterocycles. The summed E-state index contributed by atoms with van der Waals surface area (Å²) in [6.07, 6.45) is 6.43. The Morgan fingerprint density at radius 2 is 2.24 bits per heavy atom. The van der Waals surface area contributed by atoms with Gasteiger partial charge in [-0.1, -0.05) is 0 Å². The highest BCUT2D eigenvalue weighted by Crippen LogP contribution is 2.38. The van der Waals surface area contributed by atoms with E-state index in [-0.39, 0.29) is 23.5 Å². The molecule has 2 atom stereocenters. The highest BCUT2D eigenvalue weighted by Gasteiger charge is 2.40. The smallest absolute Gasteiger partial charge is 0.223 e. The van der Waals surface area contributed by atoms with Crippen LogP contribution >= 0.6 is 0 Å². The Balaban J connectivity index is 1.83. The largest absolute Gasteiger partial charge is 0.378 e. The van der Waals surface area contributed by atoms with Crippen molar-refractivity contribution < 1.29 is 9.53 Å². The molecule has 17 heavy (non-hydrogen) atoms. The Morgan fingerprint density at radius 3 is 2.76 bits per heavy atom. The average Bonchev–Trinajstić information content (AvgIpc) is 2.70. The predicted molar refractivity (Wildman–Crippen MR) is 63.1 cm³/mol. The number of nitrogens with one attached hydrogen (secondary N) is 1. The molecule has 2 fully saturated rings. The second-order valence-corrected chi connectivity index (χ2v) is 5.26. The van der Waals surface area contributed by atoms with Gasteiger partial charge >= 0.3 is 0 Å². The Bertz CT molecular complexity index is 325. The van der Waals surface area contributed by atoms with Crippen molar-refractivity contribution in [3.05, 3.63) is 0 Å². The van der Waals surface area contributed by atoms with Gasteiger partial charge in [0.15, 0.2) is 0 Å². The lowest BCUT2D eigenvalue weighted by atomic mass is 9.77. The molecule has 2 aliphatic rings. The molecule has 2 unspecified atom stereocenters. The van der Waals surface area contributed by atoms with Crippen molar-refractivity contribution in [2.24, 2.45) is 5.92 Å². The van der Waals surface area contributed by atoms with Gasteiger partial charge in [0.1, 0.15) is 0 Å². The third-order valence-electron chi connectivity index (χ3n) is 4.21. The lowest BCUT2D eigenvalue weighted by Gasteiger charge is -2.40. The van der Waals surface area contributed by atoms with Crippen molar-refractivity contribution in [3.63, 3.8) is 0 Å². The Labute approximate surface area is 102 Å². The molecular formula is C13H20N2O2. The van der Waals surface area contributed by atoms with Gasteiger partial charge in [0.2, 0.25) is 5.91 Å². The average molecular weight is 236 g/mol. The maximum atomic E-state index is 11.9. The van der Waals surface area contributed by atoms with E-state index in [0.29, 0.717) is 6.42 Å². The molecule has 0 aromatic carbocycles. The lowest BCUT2D eigenvalue weighted by Crippen LogP contribution is -2.46. The molecule has 0 spiro atoms. The predicted octanol–water partition coefficient (Wildman–Crippen LogP) is 1.75. The molecule has 4 heteroatoms. The summed E-state index contributed by atoms with van der Waals surface area (Å²) in [5, 5.41) is 12.0. The molecule has 0 aromatic heterocycles. The minimum Gasteiger partial charge on any atom is -0.378 e. The van der Waals surface area contributed by atoms with E-state index in [1.54, 1.807) is 7.11 Å². The topological polar surface area (TPSA) is 62.1 Å². The summed E-state index contributed by atoms with van der Waals surface area (Å²) in [5.74, 6) is 0.0394. The van der Waals surface area contributed by atoms with Crippen molar-refractivity contribution in [1.82, 2.24) is 5.32 Å². The van der Waals surface area contributed by atoms with Crippen LogP contribution in [-0.2, 0) is 9.53 Å². The molecule has 2 aliphatic carbocycles. The summed E-state index contributed by atoms with van der Waals surface area (Å²) < 4.78 is 5.44. The number of nitrogens with zero attached hydrogens (tertiary/aromatic N) is 1. The zero-order valence-corrected chi connectivity index (χ0v) is 10.4. The van der Waals surface area contributed by atoms with Gasteiger partial charge in [0.25, 0.3) is 0 Å². The number of hydrogen-bond acceptors (Lipinski definition) is 3. The zero-order chi connectivity index (χ0) is 12.3. The first-order valence-electron chi connectivity index (χ1n) is 6.43. The van der Waals surface area contributed by atoms with Gasteiger partial charge in [-0.05, 0) is 38.5 Å². The number of methoxy groups -OCH3 is 1. The summed E-state index contributed by atoms with van der Waals surface area (Å²) in [4.78, 5) is 11.9. The Hall–Kier alpha value is -1.08. The summed E-state index contributed by atoms with van der Waals surface area (Å²) in [6.45, 7) is 0. The van der Waals surface area contributed by atoms with Crippen LogP contribution < -0.4 is 5.32 Å². The first-order valence-corrected chi connectivity index (χ1v) is 6.43. The molecule has 0 aliphatic heterocycles. The zero-order valence-electron chi connectivity index (χ0n) is 10.4. The van der Waals surface area contributed by atoms with E-state index < -0.39 is 0 Å². The summed E-state index contributed by atoms with van der Waals surface area (Å²) in [6, 6.07) is 2.34. The fourth-order valence-corrected chi connectivity index (χ4v) is 2.86. The van der Waals surface area contributed by atoms with Crippen molar-refractivity contribution >= 4 is 5.91 Å². The highest BCUT2D eigenvalue weighted by atomic mass is 16.5. The molecule has 2 rings (SSSR count). The van der Waals surface area contributed by atoms with Crippen molar-refractivity contribution in [2.75, 3.05) is 7.11 Å². The lowest BCUT2D eigenvalue weighted by molar-refractivity contribution is -0.135. The van der Waals surface area contributed by atoms with Gasteiger partial charge in [0.05, 0.1) is 24.0 Å². The van der Waals surface area contributed by atoms with Crippen LogP contribution in [0.15, 0.2) is 0 Å². The van der Waals surface area contributed by atoms with Crippen LogP contribution in [0.4, 0.5) is 0 Å². The minimum atomic E-state index is -0.217.